The second-order valence-corrected chi connectivity index (χ2v) is 6.41. The van der Waals surface area contributed by atoms with Crippen molar-refractivity contribution in [1.29, 1.82) is 0 Å². The molecule has 0 saturated heterocycles. The van der Waals surface area contributed by atoms with Gasteiger partial charge in [0.2, 0.25) is 0 Å². The van der Waals surface area contributed by atoms with Crippen LogP contribution in [0.5, 0.6) is 0 Å². The fourth-order valence-corrected chi connectivity index (χ4v) is 2.45. The number of rotatable bonds is 5. The van der Waals surface area contributed by atoms with Crippen molar-refractivity contribution < 1.29 is 14.7 Å². The van der Waals surface area contributed by atoms with Gasteiger partial charge < -0.3 is 10.4 Å². The number of carboxylic acids is 1. The minimum absolute atomic E-state index is 0.159. The number of carbonyl (C=O) groups is 2. The minimum atomic E-state index is -1.04. The Morgan fingerprint density at radius 2 is 2.14 bits per heavy atom. The highest BCUT2D eigenvalue weighted by Crippen LogP contribution is 2.50. The van der Waals surface area contributed by atoms with Crippen molar-refractivity contribution in [2.45, 2.75) is 20.3 Å². The molecule has 1 aliphatic rings. The summed E-state index contributed by atoms with van der Waals surface area (Å²) in [4.78, 5) is 22.5. The van der Waals surface area contributed by atoms with Gasteiger partial charge in [-0.15, -0.1) is 0 Å². The molecule has 1 aromatic rings. The number of aliphatic carboxylic acids is 1. The number of nitrogens with one attached hydrogen (secondary N) is 1. The maximum absolute atomic E-state index is 12.0. The molecule has 1 unspecified atom stereocenters. The number of benzene rings is 1. The highest BCUT2D eigenvalue weighted by molar-refractivity contribution is 6.32. The Morgan fingerprint density at radius 3 is 2.67 bits per heavy atom. The summed E-state index contributed by atoms with van der Waals surface area (Å²) < 4.78 is 0. The van der Waals surface area contributed by atoms with Crippen LogP contribution < -0.4 is 5.32 Å². The highest BCUT2D eigenvalue weighted by atomic mass is 35.5. The van der Waals surface area contributed by atoms with Gasteiger partial charge in [0.25, 0.3) is 5.91 Å². The molecule has 21 heavy (non-hydrogen) atoms. The van der Waals surface area contributed by atoms with Gasteiger partial charge >= 0.3 is 5.97 Å². The molecule has 4 nitrogen and oxygen atoms in total. The van der Waals surface area contributed by atoms with E-state index >= 15 is 0 Å². The lowest BCUT2D eigenvalue weighted by Gasteiger charge is -2.07. The van der Waals surface area contributed by atoms with E-state index in [0.29, 0.717) is 34.0 Å². The van der Waals surface area contributed by atoms with E-state index in [1.165, 1.54) is 6.08 Å². The molecule has 0 bridgehead atoms. The largest absolute Gasteiger partial charge is 0.478 e. The lowest BCUT2D eigenvalue weighted by molar-refractivity contribution is -0.131. The van der Waals surface area contributed by atoms with Gasteiger partial charge in [0.1, 0.15) is 0 Å². The molecule has 0 aliphatic heterocycles. The van der Waals surface area contributed by atoms with Gasteiger partial charge in [0, 0.05) is 23.2 Å². The first-order valence-corrected chi connectivity index (χ1v) is 7.16. The van der Waals surface area contributed by atoms with Crippen molar-refractivity contribution in [3.05, 3.63) is 40.4 Å². The van der Waals surface area contributed by atoms with Gasteiger partial charge in [-0.1, -0.05) is 31.5 Å². The maximum atomic E-state index is 12.0. The number of halogens is 1. The summed E-state index contributed by atoms with van der Waals surface area (Å²) in [5.74, 6) is -0.664. The third-order valence-electron chi connectivity index (χ3n) is 3.89. The van der Waals surface area contributed by atoms with Crippen molar-refractivity contribution in [1.82, 2.24) is 5.32 Å². The summed E-state index contributed by atoms with van der Waals surface area (Å²) in [5.41, 5.74) is 1.38. The summed E-state index contributed by atoms with van der Waals surface area (Å²) >= 11 is 6.05. The standard InChI is InChI=1S/C16H18ClNO3/c1-16(2)8-12(16)9-18-15(21)11-4-3-10(13(17)7-11)5-6-14(19)20/h3-7,12H,8-9H2,1-2H3,(H,18,21)(H,19,20)/b6-5+. The second-order valence-electron chi connectivity index (χ2n) is 6.01. The summed E-state index contributed by atoms with van der Waals surface area (Å²) in [6.45, 7) is 5.04. The molecule has 1 aliphatic carbocycles. The van der Waals surface area contributed by atoms with E-state index < -0.39 is 5.97 Å². The number of hydrogen-bond acceptors (Lipinski definition) is 2. The molecule has 0 aromatic heterocycles. The molecule has 5 heteroatoms. The van der Waals surface area contributed by atoms with Crippen LogP contribution in [0.1, 0.15) is 36.2 Å². The number of hydrogen-bond donors (Lipinski definition) is 2. The minimum Gasteiger partial charge on any atom is -0.478 e. The van der Waals surface area contributed by atoms with E-state index in [4.69, 9.17) is 16.7 Å². The molecule has 1 amide bonds. The van der Waals surface area contributed by atoms with Crippen LogP contribution in [0, 0.1) is 11.3 Å². The Kier molecular flexibility index (Phi) is 4.37. The van der Waals surface area contributed by atoms with Gasteiger partial charge in [-0.05, 0) is 41.5 Å². The Hall–Kier alpha value is -1.81. The predicted octanol–water partition coefficient (Wildman–Crippen LogP) is 3.21. The van der Waals surface area contributed by atoms with Crippen LogP contribution in [0.25, 0.3) is 6.08 Å². The van der Waals surface area contributed by atoms with E-state index in [1.54, 1.807) is 18.2 Å². The predicted molar refractivity (Wildman–Crippen MR) is 82.3 cm³/mol. The first-order chi connectivity index (χ1) is 9.79. The fraction of sp³-hybridized carbons (Fsp3) is 0.375. The van der Waals surface area contributed by atoms with Gasteiger partial charge in [0.15, 0.2) is 0 Å². The van der Waals surface area contributed by atoms with Crippen LogP contribution in [0.15, 0.2) is 24.3 Å². The molecular formula is C16H18ClNO3. The zero-order valence-corrected chi connectivity index (χ0v) is 12.8. The summed E-state index contributed by atoms with van der Waals surface area (Å²) in [7, 11) is 0. The van der Waals surface area contributed by atoms with Crippen LogP contribution in [-0.2, 0) is 4.79 Å². The van der Waals surface area contributed by atoms with Crippen molar-refractivity contribution in [3.8, 4) is 0 Å². The molecule has 2 rings (SSSR count). The average molecular weight is 308 g/mol. The summed E-state index contributed by atoms with van der Waals surface area (Å²) in [6, 6.07) is 4.83. The van der Waals surface area contributed by atoms with Gasteiger partial charge in [0.05, 0.1) is 0 Å². The quantitative estimate of drug-likeness (QED) is 0.821. The van der Waals surface area contributed by atoms with Crippen molar-refractivity contribution >= 4 is 29.6 Å². The van der Waals surface area contributed by atoms with Crippen LogP contribution in [0.2, 0.25) is 5.02 Å². The maximum Gasteiger partial charge on any atom is 0.328 e. The van der Waals surface area contributed by atoms with E-state index in [1.807, 2.05) is 0 Å². The number of carboxylic acid groups (broad SMARTS) is 1. The molecule has 0 spiro atoms. The van der Waals surface area contributed by atoms with E-state index in [2.05, 4.69) is 19.2 Å². The molecule has 1 aromatic carbocycles. The Morgan fingerprint density at radius 1 is 1.48 bits per heavy atom. The third-order valence-corrected chi connectivity index (χ3v) is 4.22. The van der Waals surface area contributed by atoms with Crippen molar-refractivity contribution in [3.63, 3.8) is 0 Å². The first kappa shape index (κ1) is 15.6. The Balaban J connectivity index is 1.99. The molecule has 1 saturated carbocycles. The molecule has 2 N–H and O–H groups in total. The molecule has 0 heterocycles. The number of carbonyl (C=O) groups excluding carboxylic acids is 1. The van der Waals surface area contributed by atoms with Gasteiger partial charge in [-0.2, -0.15) is 0 Å². The van der Waals surface area contributed by atoms with Crippen LogP contribution in [0.4, 0.5) is 0 Å². The second kappa shape index (κ2) is 5.90. The lowest BCUT2D eigenvalue weighted by atomic mass is 10.1. The Labute approximate surface area is 128 Å². The van der Waals surface area contributed by atoms with E-state index in [-0.39, 0.29) is 5.91 Å². The van der Waals surface area contributed by atoms with Crippen molar-refractivity contribution in [2.75, 3.05) is 6.54 Å². The number of amides is 1. The van der Waals surface area contributed by atoms with Crippen LogP contribution in [-0.4, -0.2) is 23.5 Å². The molecule has 0 radical (unpaired) electrons. The average Bonchev–Trinajstić information content (AvgIpc) is 3.02. The zero-order valence-electron chi connectivity index (χ0n) is 12.0. The van der Waals surface area contributed by atoms with Gasteiger partial charge in [-0.3, -0.25) is 4.79 Å². The van der Waals surface area contributed by atoms with Crippen LogP contribution in [0.3, 0.4) is 0 Å². The molecule has 112 valence electrons. The van der Waals surface area contributed by atoms with E-state index in [0.717, 1.165) is 12.5 Å². The summed E-state index contributed by atoms with van der Waals surface area (Å²) in [6.07, 6.45) is 3.54. The monoisotopic (exact) mass is 307 g/mol. The molecule has 1 atom stereocenters. The zero-order chi connectivity index (χ0) is 15.6. The normalized spacial score (nSPS) is 19.5. The smallest absolute Gasteiger partial charge is 0.328 e. The first-order valence-electron chi connectivity index (χ1n) is 6.78. The van der Waals surface area contributed by atoms with Crippen molar-refractivity contribution in [2.24, 2.45) is 11.3 Å². The van der Waals surface area contributed by atoms with Crippen LogP contribution >= 0.6 is 11.6 Å². The van der Waals surface area contributed by atoms with E-state index in [9.17, 15) is 9.59 Å². The van der Waals surface area contributed by atoms with Gasteiger partial charge in [-0.25, -0.2) is 4.79 Å². The topological polar surface area (TPSA) is 66.4 Å². The SMILES string of the molecule is CC1(C)CC1CNC(=O)c1ccc(/C=C/C(=O)O)c(Cl)c1. The molecule has 1 fully saturated rings. The third kappa shape index (κ3) is 4.08. The fourth-order valence-electron chi connectivity index (χ4n) is 2.21. The summed E-state index contributed by atoms with van der Waals surface area (Å²) in [5, 5.41) is 11.8. The molecular weight excluding hydrogens is 290 g/mol. The highest BCUT2D eigenvalue weighted by Gasteiger charge is 2.45. The Bertz CT molecular complexity index is 608. The lowest BCUT2D eigenvalue weighted by Crippen LogP contribution is -2.26.